The molecule has 0 radical (unpaired) electrons. The zero-order valence-electron chi connectivity index (χ0n) is 6.38. The lowest BCUT2D eigenvalue weighted by Gasteiger charge is -2.12. The van der Waals surface area contributed by atoms with Crippen LogP contribution in [0.5, 0.6) is 0 Å². The summed E-state index contributed by atoms with van der Waals surface area (Å²) < 4.78 is 36.2. The molecular weight excluding hydrogens is 266 g/mol. The molecule has 1 nitrogen and oxygen atoms in total. The molecule has 0 amide bonds. The van der Waals surface area contributed by atoms with Crippen molar-refractivity contribution < 1.29 is 12.9 Å². The summed E-state index contributed by atoms with van der Waals surface area (Å²) in [4.78, 5) is 3.81. The number of thioether (sulfide) groups is 1. The first-order valence-corrected chi connectivity index (χ1v) is 5.21. The second kappa shape index (κ2) is 4.37. The second-order valence-corrected chi connectivity index (χ2v) is 4.17. The number of aromatic nitrogens is 1. The van der Waals surface area contributed by atoms with Crippen molar-refractivity contribution in [1.29, 1.82) is 0 Å². The zero-order valence-corrected chi connectivity index (χ0v) is 8.79. The molecule has 0 aliphatic heterocycles. The molecule has 0 N–H and O–H groups in total. The van der Waals surface area contributed by atoms with Gasteiger partial charge in [-0.05, 0) is 33.7 Å². The number of nitrogens with zero attached hydrogens (tertiary/aromatic N) is 1. The van der Waals surface area contributed by atoms with Gasteiger partial charge < -0.3 is 12.9 Å². The van der Waals surface area contributed by atoms with E-state index in [-0.39, 0.29) is 0 Å². The molecule has 0 unspecified atom stereocenters. The van der Waals surface area contributed by atoms with E-state index in [0.717, 1.165) is 0 Å². The Labute approximate surface area is 86.3 Å². The molecular formula is C6H5BBrF3NS-. The third kappa shape index (κ3) is 4.04. The largest absolute Gasteiger partial charge is 0.488 e. The molecule has 0 saturated heterocycles. The van der Waals surface area contributed by atoms with Crippen LogP contribution in [-0.4, -0.2) is 17.6 Å². The van der Waals surface area contributed by atoms with Gasteiger partial charge in [-0.25, -0.2) is 4.98 Å². The van der Waals surface area contributed by atoms with Gasteiger partial charge in [0.25, 0.3) is 0 Å². The number of hydrogen-bond acceptors (Lipinski definition) is 2. The van der Waals surface area contributed by atoms with Crippen LogP contribution in [0.4, 0.5) is 12.9 Å². The molecule has 0 atom stereocenters. The number of pyridine rings is 1. The molecule has 7 heteroatoms. The van der Waals surface area contributed by atoms with Gasteiger partial charge in [-0.2, -0.15) is 0 Å². The Balaban J connectivity index is 2.60. The highest BCUT2D eigenvalue weighted by Gasteiger charge is 2.23. The normalized spacial score (nSPS) is 11.7. The minimum atomic E-state index is -4.74. The molecule has 13 heavy (non-hydrogen) atoms. The highest BCUT2D eigenvalue weighted by molar-refractivity contribution is 9.10. The van der Waals surface area contributed by atoms with Gasteiger partial charge in [0.2, 0.25) is 0 Å². The lowest BCUT2D eigenvalue weighted by molar-refractivity contribution is 0.485. The Morgan fingerprint density at radius 1 is 1.46 bits per heavy atom. The monoisotopic (exact) mass is 270 g/mol. The minimum Gasteiger partial charge on any atom is -0.448 e. The number of hydrogen-bond donors (Lipinski definition) is 0. The summed E-state index contributed by atoms with van der Waals surface area (Å²) in [6, 6.07) is 3.32. The molecule has 72 valence electrons. The Hall–Kier alpha value is -0.165. The van der Waals surface area contributed by atoms with E-state index in [1.807, 2.05) is 0 Å². The van der Waals surface area contributed by atoms with Crippen molar-refractivity contribution >= 4 is 34.7 Å². The van der Waals surface area contributed by atoms with Crippen molar-refractivity contribution in [2.24, 2.45) is 0 Å². The first-order valence-electron chi connectivity index (χ1n) is 3.43. The van der Waals surface area contributed by atoms with Crippen molar-refractivity contribution in [3.8, 4) is 0 Å². The molecule has 0 aromatic carbocycles. The van der Waals surface area contributed by atoms with Crippen LogP contribution in [0.25, 0.3) is 0 Å². The molecule has 1 aromatic heterocycles. The van der Waals surface area contributed by atoms with Crippen molar-refractivity contribution in [3.63, 3.8) is 0 Å². The van der Waals surface area contributed by atoms with E-state index in [0.29, 0.717) is 21.3 Å². The van der Waals surface area contributed by atoms with Gasteiger partial charge in [0.1, 0.15) is 5.03 Å². The predicted octanol–water partition coefficient (Wildman–Crippen LogP) is 3.32. The van der Waals surface area contributed by atoms with E-state index >= 15 is 0 Å². The summed E-state index contributed by atoms with van der Waals surface area (Å²) in [5.74, 6) is 0. The molecule has 1 aromatic rings. The first-order chi connectivity index (χ1) is 5.99. The Morgan fingerprint density at radius 2 is 2.15 bits per heavy atom. The van der Waals surface area contributed by atoms with Gasteiger partial charge in [0, 0.05) is 10.7 Å². The van der Waals surface area contributed by atoms with Gasteiger partial charge in [-0.1, -0.05) is 0 Å². The molecule has 0 spiro atoms. The molecule has 0 aliphatic rings. The van der Waals surface area contributed by atoms with E-state index in [1.165, 1.54) is 6.20 Å². The summed E-state index contributed by atoms with van der Waals surface area (Å²) in [5.41, 5.74) is -0.852. The lowest BCUT2D eigenvalue weighted by Crippen LogP contribution is -2.19. The molecule has 0 aliphatic carbocycles. The highest BCUT2D eigenvalue weighted by Crippen LogP contribution is 2.27. The summed E-state index contributed by atoms with van der Waals surface area (Å²) in [7, 11) is 0. The fourth-order valence-corrected chi connectivity index (χ4v) is 1.94. The van der Waals surface area contributed by atoms with Gasteiger partial charge in [-0.15, -0.1) is 11.8 Å². The topological polar surface area (TPSA) is 12.9 Å². The van der Waals surface area contributed by atoms with Crippen LogP contribution in [0.3, 0.4) is 0 Å². The first kappa shape index (κ1) is 10.9. The van der Waals surface area contributed by atoms with Gasteiger partial charge in [0.05, 0.1) is 0 Å². The van der Waals surface area contributed by atoms with Crippen LogP contribution in [0.15, 0.2) is 27.8 Å². The molecule has 0 saturated carbocycles. The van der Waals surface area contributed by atoms with E-state index in [1.54, 1.807) is 12.1 Å². The van der Waals surface area contributed by atoms with Crippen molar-refractivity contribution in [2.75, 3.05) is 5.65 Å². The van der Waals surface area contributed by atoms with Gasteiger partial charge in [-0.3, -0.25) is 0 Å². The maximum absolute atomic E-state index is 11.9. The average molecular weight is 271 g/mol. The smallest absolute Gasteiger partial charge is 0.448 e. The molecule has 0 bridgehead atoms. The van der Waals surface area contributed by atoms with E-state index in [2.05, 4.69) is 20.9 Å². The number of halogens is 4. The fraction of sp³-hybridized carbons (Fsp3) is 0.167. The third-order valence-corrected chi connectivity index (χ3v) is 3.18. The molecule has 0 fully saturated rings. The summed E-state index contributed by atoms with van der Waals surface area (Å²) in [6.07, 6.45) is 1.47. The predicted molar refractivity (Wildman–Crippen MR) is 51.7 cm³/mol. The Kier molecular flexibility index (Phi) is 3.67. The third-order valence-electron chi connectivity index (χ3n) is 1.13. The fourth-order valence-electron chi connectivity index (χ4n) is 0.651. The summed E-state index contributed by atoms with van der Waals surface area (Å²) in [6.45, 7) is -4.74. The van der Waals surface area contributed by atoms with Crippen molar-refractivity contribution in [2.45, 2.75) is 5.03 Å². The summed E-state index contributed by atoms with van der Waals surface area (Å²) >= 11 is 3.82. The van der Waals surface area contributed by atoms with Crippen LogP contribution in [0.1, 0.15) is 0 Å². The maximum atomic E-state index is 11.9. The van der Waals surface area contributed by atoms with Gasteiger partial charge in [0.15, 0.2) is 0 Å². The Bertz CT molecular complexity index is 293. The highest BCUT2D eigenvalue weighted by atomic mass is 79.9. The lowest BCUT2D eigenvalue weighted by atomic mass is 9.98. The molecule has 1 rings (SSSR count). The van der Waals surface area contributed by atoms with Gasteiger partial charge >= 0.3 is 6.98 Å². The van der Waals surface area contributed by atoms with E-state index < -0.39 is 12.6 Å². The second-order valence-electron chi connectivity index (χ2n) is 2.31. The zero-order chi connectivity index (χ0) is 9.90. The van der Waals surface area contributed by atoms with Crippen LogP contribution < -0.4 is 0 Å². The standard InChI is InChI=1S/C6H5BBrF3NS/c8-5-2-1-3-12-6(5)13-4-7(9,10)11/h1-3H,4H2/q-1. The van der Waals surface area contributed by atoms with Crippen LogP contribution in [0.2, 0.25) is 0 Å². The van der Waals surface area contributed by atoms with Crippen LogP contribution in [-0.2, 0) is 0 Å². The quantitative estimate of drug-likeness (QED) is 0.617. The van der Waals surface area contributed by atoms with E-state index in [9.17, 15) is 12.9 Å². The van der Waals surface area contributed by atoms with Crippen molar-refractivity contribution in [3.05, 3.63) is 22.8 Å². The van der Waals surface area contributed by atoms with Crippen LogP contribution >= 0.6 is 27.7 Å². The SMILES string of the molecule is F[B-](F)(F)CSc1ncccc1Br. The average Bonchev–Trinajstić information content (AvgIpc) is 2.01. The Morgan fingerprint density at radius 3 is 2.69 bits per heavy atom. The van der Waals surface area contributed by atoms with E-state index in [4.69, 9.17) is 0 Å². The molecule has 1 heterocycles. The minimum absolute atomic E-state index is 0.377. The summed E-state index contributed by atoms with van der Waals surface area (Å²) in [5, 5.41) is 0.377. The van der Waals surface area contributed by atoms with Crippen LogP contribution in [0, 0.1) is 0 Å². The number of rotatable bonds is 3. The van der Waals surface area contributed by atoms with Crippen molar-refractivity contribution in [1.82, 2.24) is 4.98 Å². The maximum Gasteiger partial charge on any atom is 0.488 e.